The van der Waals surface area contributed by atoms with Crippen LogP contribution >= 0.6 is 11.8 Å². The molecule has 0 aliphatic carbocycles. The van der Waals surface area contributed by atoms with Crippen LogP contribution in [-0.4, -0.2) is 18.8 Å². The van der Waals surface area contributed by atoms with Gasteiger partial charge in [-0.1, -0.05) is 25.1 Å². The topological polar surface area (TPSA) is 34.1 Å². The molecule has 0 saturated carbocycles. The highest BCUT2D eigenvalue weighted by Crippen LogP contribution is 2.36. The summed E-state index contributed by atoms with van der Waals surface area (Å²) in [6.07, 6.45) is 1.69. The van der Waals surface area contributed by atoms with E-state index >= 15 is 0 Å². The molecule has 0 amide bonds. The van der Waals surface area contributed by atoms with E-state index in [1.54, 1.807) is 23.9 Å². The second-order valence-electron chi connectivity index (χ2n) is 3.66. The molecule has 1 aromatic carbocycles. The summed E-state index contributed by atoms with van der Waals surface area (Å²) >= 11 is 1.56. The van der Waals surface area contributed by atoms with Gasteiger partial charge in [0.2, 0.25) is 0 Å². The van der Waals surface area contributed by atoms with Crippen molar-refractivity contribution in [1.82, 2.24) is 0 Å². The van der Waals surface area contributed by atoms with Crippen LogP contribution in [0.3, 0.4) is 0 Å². The molecule has 0 spiro atoms. The maximum atomic E-state index is 12.1. The van der Waals surface area contributed by atoms with Crippen LogP contribution in [0.1, 0.15) is 18.9 Å². The largest absolute Gasteiger partial charge is 0.223 e. The molecule has 1 atom stereocenters. The van der Waals surface area contributed by atoms with Gasteiger partial charge in [-0.15, -0.1) is 11.8 Å². The van der Waals surface area contributed by atoms with Gasteiger partial charge in [0.1, 0.15) is 4.58 Å². The Balaban J connectivity index is 2.31. The minimum atomic E-state index is -3.06. The molecule has 0 fully saturated rings. The molecule has 1 aromatic rings. The predicted octanol–water partition coefficient (Wildman–Crippen LogP) is 2.49. The van der Waals surface area contributed by atoms with Crippen LogP contribution < -0.4 is 0 Å². The Hall–Kier alpha value is -0.480. The fourth-order valence-corrected chi connectivity index (χ4v) is 5.36. The summed E-state index contributed by atoms with van der Waals surface area (Å²) < 4.78 is 23.9. The van der Waals surface area contributed by atoms with Crippen molar-refractivity contribution in [1.29, 1.82) is 0 Å². The van der Waals surface area contributed by atoms with Crippen LogP contribution in [0.2, 0.25) is 0 Å². The summed E-state index contributed by atoms with van der Waals surface area (Å²) in [7, 11) is -3.06. The second kappa shape index (κ2) is 4.18. The smallest absolute Gasteiger partial charge is 0.191 e. The van der Waals surface area contributed by atoms with E-state index < -0.39 is 9.84 Å². The Kier molecular flexibility index (Phi) is 3.07. The van der Waals surface area contributed by atoms with Crippen LogP contribution in [-0.2, 0) is 16.3 Å². The molecular weight excluding hydrogens is 228 g/mol. The average Bonchev–Trinajstić information content (AvgIpc) is 2.48. The lowest BCUT2D eigenvalue weighted by Crippen LogP contribution is -2.13. The summed E-state index contributed by atoms with van der Waals surface area (Å²) in [6, 6.07) is 7.33. The third-order valence-corrected chi connectivity index (χ3v) is 6.74. The van der Waals surface area contributed by atoms with Crippen molar-refractivity contribution in [2.24, 2.45) is 0 Å². The summed E-state index contributed by atoms with van der Waals surface area (Å²) in [4.78, 5) is 0.540. The SMILES string of the molecule is CCCSC1Cc2ccccc2S1(=O)=O. The van der Waals surface area contributed by atoms with E-state index in [1.807, 2.05) is 12.1 Å². The first-order valence-electron chi connectivity index (χ1n) is 5.09. The fraction of sp³-hybridized carbons (Fsp3) is 0.455. The van der Waals surface area contributed by atoms with Gasteiger partial charge in [-0.05, 0) is 23.8 Å². The van der Waals surface area contributed by atoms with Gasteiger partial charge in [-0.25, -0.2) is 8.42 Å². The Morgan fingerprint density at radius 1 is 1.40 bits per heavy atom. The molecule has 1 aliphatic rings. The first-order chi connectivity index (χ1) is 7.16. The normalized spacial score (nSPS) is 22.6. The fourth-order valence-electron chi connectivity index (χ4n) is 1.78. The monoisotopic (exact) mass is 242 g/mol. The van der Waals surface area contributed by atoms with Gasteiger partial charge in [0.05, 0.1) is 4.90 Å². The van der Waals surface area contributed by atoms with Crippen molar-refractivity contribution < 1.29 is 8.42 Å². The van der Waals surface area contributed by atoms with Crippen LogP contribution in [0.4, 0.5) is 0 Å². The van der Waals surface area contributed by atoms with E-state index in [2.05, 4.69) is 6.92 Å². The van der Waals surface area contributed by atoms with Gasteiger partial charge in [-0.3, -0.25) is 0 Å². The molecule has 0 radical (unpaired) electrons. The average molecular weight is 242 g/mol. The summed E-state index contributed by atoms with van der Waals surface area (Å²) in [5.41, 5.74) is 0.978. The van der Waals surface area contributed by atoms with Gasteiger partial charge >= 0.3 is 0 Å². The van der Waals surface area contributed by atoms with Crippen molar-refractivity contribution in [3.8, 4) is 0 Å². The van der Waals surface area contributed by atoms with Gasteiger partial charge in [-0.2, -0.15) is 0 Å². The molecule has 0 aromatic heterocycles. The molecule has 2 nitrogen and oxygen atoms in total. The zero-order valence-corrected chi connectivity index (χ0v) is 10.3. The highest BCUT2D eigenvalue weighted by Gasteiger charge is 2.36. The van der Waals surface area contributed by atoms with Crippen LogP contribution in [0.25, 0.3) is 0 Å². The van der Waals surface area contributed by atoms with Crippen molar-refractivity contribution >= 4 is 21.6 Å². The van der Waals surface area contributed by atoms with E-state index in [-0.39, 0.29) is 4.58 Å². The molecule has 1 heterocycles. The van der Waals surface area contributed by atoms with Crippen molar-refractivity contribution in [2.45, 2.75) is 29.2 Å². The van der Waals surface area contributed by atoms with Gasteiger partial charge < -0.3 is 0 Å². The van der Waals surface area contributed by atoms with Gasteiger partial charge in [0, 0.05) is 6.42 Å². The number of sulfone groups is 1. The highest BCUT2D eigenvalue weighted by atomic mass is 32.3. The third-order valence-electron chi connectivity index (χ3n) is 2.52. The maximum Gasteiger partial charge on any atom is 0.191 e. The quantitative estimate of drug-likeness (QED) is 0.816. The Labute approximate surface area is 95.0 Å². The molecular formula is C11H14O2S2. The standard InChI is InChI=1S/C11H14O2S2/c1-2-7-14-11-8-9-5-3-4-6-10(9)15(11,12)13/h3-6,11H,2,7-8H2,1H3. The van der Waals surface area contributed by atoms with Crippen molar-refractivity contribution in [3.05, 3.63) is 29.8 Å². The first kappa shape index (κ1) is 11.0. The van der Waals surface area contributed by atoms with Gasteiger partial charge in [0.25, 0.3) is 0 Å². The van der Waals surface area contributed by atoms with E-state index in [1.165, 1.54) is 0 Å². The molecule has 1 aliphatic heterocycles. The number of fused-ring (bicyclic) bond motifs is 1. The highest BCUT2D eigenvalue weighted by molar-refractivity contribution is 8.13. The minimum Gasteiger partial charge on any atom is -0.223 e. The second-order valence-corrected chi connectivity index (χ2v) is 7.37. The molecule has 1 unspecified atom stereocenters. The molecule has 0 bridgehead atoms. The number of benzene rings is 1. The van der Waals surface area contributed by atoms with Crippen LogP contribution in [0.15, 0.2) is 29.2 Å². The lowest BCUT2D eigenvalue weighted by molar-refractivity contribution is 0.598. The van der Waals surface area contributed by atoms with E-state index in [0.717, 1.165) is 17.7 Å². The predicted molar refractivity (Wildman–Crippen MR) is 63.9 cm³/mol. The molecule has 2 rings (SSSR count). The number of hydrogen-bond acceptors (Lipinski definition) is 3. The van der Waals surface area contributed by atoms with Gasteiger partial charge in [0.15, 0.2) is 9.84 Å². The molecule has 15 heavy (non-hydrogen) atoms. The lowest BCUT2D eigenvalue weighted by atomic mass is 10.2. The molecule has 4 heteroatoms. The third kappa shape index (κ3) is 1.93. The van der Waals surface area contributed by atoms with E-state index in [0.29, 0.717) is 11.3 Å². The summed E-state index contributed by atoms with van der Waals surface area (Å²) in [5, 5.41) is 0. The number of rotatable bonds is 3. The van der Waals surface area contributed by atoms with Crippen LogP contribution in [0, 0.1) is 0 Å². The van der Waals surface area contributed by atoms with Crippen LogP contribution in [0.5, 0.6) is 0 Å². The Morgan fingerprint density at radius 2 is 2.13 bits per heavy atom. The first-order valence-corrected chi connectivity index (χ1v) is 7.69. The van der Waals surface area contributed by atoms with E-state index in [9.17, 15) is 8.42 Å². The Bertz CT molecular complexity index is 451. The maximum absolute atomic E-state index is 12.1. The minimum absolute atomic E-state index is 0.255. The lowest BCUT2D eigenvalue weighted by Gasteiger charge is -2.07. The van der Waals surface area contributed by atoms with E-state index in [4.69, 9.17) is 0 Å². The van der Waals surface area contributed by atoms with Crippen molar-refractivity contribution in [2.75, 3.05) is 5.75 Å². The summed E-state index contributed by atoms with van der Waals surface area (Å²) in [5.74, 6) is 0.915. The zero-order chi connectivity index (χ0) is 10.9. The number of hydrogen-bond donors (Lipinski definition) is 0. The molecule has 0 N–H and O–H groups in total. The number of thioether (sulfide) groups is 1. The zero-order valence-electron chi connectivity index (χ0n) is 8.64. The van der Waals surface area contributed by atoms with Crippen molar-refractivity contribution in [3.63, 3.8) is 0 Å². The summed E-state index contributed by atoms with van der Waals surface area (Å²) in [6.45, 7) is 2.07. The molecule has 0 saturated heterocycles. The molecule has 82 valence electrons. The Morgan fingerprint density at radius 3 is 2.80 bits per heavy atom.